The van der Waals surface area contributed by atoms with Crippen LogP contribution in [0.25, 0.3) is 0 Å². The molecule has 0 bridgehead atoms. The van der Waals surface area contributed by atoms with Gasteiger partial charge in [0, 0.05) is 18.9 Å². The van der Waals surface area contributed by atoms with Crippen LogP contribution in [0.5, 0.6) is 0 Å². The Morgan fingerprint density at radius 3 is 2.62 bits per heavy atom. The van der Waals surface area contributed by atoms with Crippen LogP contribution in [0.15, 0.2) is 41.5 Å². The Hall–Kier alpha value is -2.10. The van der Waals surface area contributed by atoms with Crippen molar-refractivity contribution in [3.05, 3.63) is 58.1 Å². The quantitative estimate of drug-likeness (QED) is 0.916. The highest BCUT2D eigenvalue weighted by Gasteiger charge is 2.12. The van der Waals surface area contributed by atoms with E-state index in [1.165, 1.54) is 11.1 Å². The molecular weight excluding hydrogens is 262 g/mol. The summed E-state index contributed by atoms with van der Waals surface area (Å²) in [6.07, 6.45) is 3.42. The molecule has 1 aromatic heterocycles. The van der Waals surface area contributed by atoms with Crippen molar-refractivity contribution in [2.45, 2.75) is 40.3 Å². The van der Waals surface area contributed by atoms with Gasteiger partial charge in [0.05, 0.1) is 6.04 Å². The van der Waals surface area contributed by atoms with E-state index in [1.807, 2.05) is 19.1 Å². The first kappa shape index (κ1) is 15.3. The number of hydrogen-bond donors (Lipinski definition) is 1. The van der Waals surface area contributed by atoms with Crippen molar-refractivity contribution < 1.29 is 0 Å². The van der Waals surface area contributed by atoms with Crippen LogP contribution in [0.4, 0.5) is 5.82 Å². The average Bonchev–Trinajstić information content (AvgIpc) is 2.43. The molecule has 0 amide bonds. The summed E-state index contributed by atoms with van der Waals surface area (Å²) >= 11 is 0. The summed E-state index contributed by atoms with van der Waals surface area (Å²) in [6.45, 7) is 9.01. The van der Waals surface area contributed by atoms with Crippen LogP contribution in [0.3, 0.4) is 0 Å². The molecule has 1 atom stereocenters. The lowest BCUT2D eigenvalue weighted by Crippen LogP contribution is -2.27. The Morgan fingerprint density at radius 1 is 1.24 bits per heavy atom. The molecule has 21 heavy (non-hydrogen) atoms. The van der Waals surface area contributed by atoms with Crippen LogP contribution in [0.1, 0.15) is 37.9 Å². The van der Waals surface area contributed by atoms with Gasteiger partial charge < -0.3 is 9.88 Å². The first-order valence-corrected chi connectivity index (χ1v) is 7.36. The number of aromatic nitrogens is 2. The maximum absolute atomic E-state index is 12.4. The Labute approximate surface area is 125 Å². The minimum absolute atomic E-state index is 0.0429. The second-order valence-corrected chi connectivity index (χ2v) is 5.85. The van der Waals surface area contributed by atoms with Gasteiger partial charge in [-0.15, -0.1) is 0 Å². The molecule has 0 spiro atoms. The van der Waals surface area contributed by atoms with Crippen molar-refractivity contribution in [1.82, 2.24) is 9.55 Å². The zero-order chi connectivity index (χ0) is 15.4. The molecule has 112 valence electrons. The number of nitrogens with one attached hydrogen (secondary N) is 1. The summed E-state index contributed by atoms with van der Waals surface area (Å²) in [6, 6.07) is 8.21. The molecule has 4 nitrogen and oxygen atoms in total. The summed E-state index contributed by atoms with van der Waals surface area (Å²) in [4.78, 5) is 16.6. The molecule has 2 rings (SSSR count). The van der Waals surface area contributed by atoms with Gasteiger partial charge in [0.25, 0.3) is 5.56 Å². The van der Waals surface area contributed by atoms with E-state index in [-0.39, 0.29) is 11.6 Å². The maximum atomic E-state index is 12.4. The number of anilines is 1. The first-order valence-electron chi connectivity index (χ1n) is 7.36. The average molecular weight is 285 g/mol. The van der Waals surface area contributed by atoms with Gasteiger partial charge in [-0.1, -0.05) is 38.1 Å². The summed E-state index contributed by atoms with van der Waals surface area (Å²) in [7, 11) is 0. The first-order chi connectivity index (χ1) is 9.99. The van der Waals surface area contributed by atoms with Crippen molar-refractivity contribution in [1.29, 1.82) is 0 Å². The smallest absolute Gasteiger partial charge is 0.293 e. The molecule has 0 aliphatic carbocycles. The molecule has 1 aromatic carbocycles. The minimum atomic E-state index is -0.0633. The molecule has 0 saturated carbocycles. The predicted octanol–water partition coefficient (Wildman–Crippen LogP) is 3.38. The SMILES string of the molecule is Cc1ccccc1C(C)Nc1nccn(CC(C)C)c1=O. The van der Waals surface area contributed by atoms with E-state index >= 15 is 0 Å². The van der Waals surface area contributed by atoms with Crippen LogP contribution < -0.4 is 10.9 Å². The van der Waals surface area contributed by atoms with E-state index in [0.29, 0.717) is 18.3 Å². The Balaban J connectivity index is 2.24. The highest BCUT2D eigenvalue weighted by Crippen LogP contribution is 2.19. The van der Waals surface area contributed by atoms with Crippen LogP contribution in [-0.4, -0.2) is 9.55 Å². The number of nitrogens with zero attached hydrogens (tertiary/aromatic N) is 2. The molecule has 2 aromatic rings. The van der Waals surface area contributed by atoms with Gasteiger partial charge >= 0.3 is 0 Å². The minimum Gasteiger partial charge on any atom is -0.359 e. The van der Waals surface area contributed by atoms with Crippen molar-refractivity contribution in [2.24, 2.45) is 5.92 Å². The second-order valence-electron chi connectivity index (χ2n) is 5.85. The molecule has 0 aliphatic heterocycles. The largest absolute Gasteiger partial charge is 0.359 e. The second kappa shape index (κ2) is 6.57. The number of aryl methyl sites for hydroxylation is 1. The number of hydrogen-bond acceptors (Lipinski definition) is 3. The molecule has 0 fully saturated rings. The molecule has 1 N–H and O–H groups in total. The van der Waals surface area contributed by atoms with Crippen molar-refractivity contribution in [2.75, 3.05) is 5.32 Å². The van der Waals surface area contributed by atoms with E-state index < -0.39 is 0 Å². The van der Waals surface area contributed by atoms with E-state index in [1.54, 1.807) is 17.0 Å². The van der Waals surface area contributed by atoms with Gasteiger partial charge in [-0.25, -0.2) is 4.98 Å². The summed E-state index contributed by atoms with van der Waals surface area (Å²) in [5, 5.41) is 3.24. The molecule has 1 unspecified atom stereocenters. The highest BCUT2D eigenvalue weighted by molar-refractivity contribution is 5.38. The van der Waals surface area contributed by atoms with Gasteiger partial charge in [0.1, 0.15) is 0 Å². The van der Waals surface area contributed by atoms with E-state index in [4.69, 9.17) is 0 Å². The zero-order valence-corrected chi connectivity index (χ0v) is 13.1. The van der Waals surface area contributed by atoms with E-state index in [0.717, 1.165) is 0 Å². The van der Waals surface area contributed by atoms with Crippen molar-refractivity contribution in [3.8, 4) is 0 Å². The number of rotatable bonds is 5. The Morgan fingerprint density at radius 2 is 1.95 bits per heavy atom. The highest BCUT2D eigenvalue weighted by atomic mass is 16.1. The van der Waals surface area contributed by atoms with Gasteiger partial charge in [-0.2, -0.15) is 0 Å². The zero-order valence-electron chi connectivity index (χ0n) is 13.1. The molecule has 0 radical (unpaired) electrons. The van der Waals surface area contributed by atoms with Gasteiger partial charge in [0.2, 0.25) is 0 Å². The van der Waals surface area contributed by atoms with E-state index in [2.05, 4.69) is 43.2 Å². The van der Waals surface area contributed by atoms with Crippen molar-refractivity contribution in [3.63, 3.8) is 0 Å². The summed E-state index contributed by atoms with van der Waals surface area (Å²) < 4.78 is 1.71. The summed E-state index contributed by atoms with van der Waals surface area (Å²) in [5.41, 5.74) is 2.32. The lowest BCUT2D eigenvalue weighted by atomic mass is 10.0. The van der Waals surface area contributed by atoms with Crippen LogP contribution in [0, 0.1) is 12.8 Å². The third-order valence-electron chi connectivity index (χ3n) is 3.48. The topological polar surface area (TPSA) is 46.9 Å². The molecule has 0 aliphatic rings. The predicted molar refractivity (Wildman–Crippen MR) is 86.6 cm³/mol. The normalized spacial score (nSPS) is 12.4. The van der Waals surface area contributed by atoms with Gasteiger partial charge in [-0.05, 0) is 30.9 Å². The fourth-order valence-corrected chi connectivity index (χ4v) is 2.44. The summed E-state index contributed by atoms with van der Waals surface area (Å²) in [5.74, 6) is 0.834. The van der Waals surface area contributed by atoms with Crippen LogP contribution in [0.2, 0.25) is 0 Å². The lowest BCUT2D eigenvalue weighted by Gasteiger charge is -2.17. The maximum Gasteiger partial charge on any atom is 0.293 e. The third-order valence-corrected chi connectivity index (χ3v) is 3.48. The van der Waals surface area contributed by atoms with Gasteiger partial charge in [-0.3, -0.25) is 4.79 Å². The van der Waals surface area contributed by atoms with Crippen LogP contribution in [-0.2, 0) is 6.54 Å². The van der Waals surface area contributed by atoms with Gasteiger partial charge in [0.15, 0.2) is 5.82 Å². The number of benzene rings is 1. The van der Waals surface area contributed by atoms with E-state index in [9.17, 15) is 4.79 Å². The monoisotopic (exact) mass is 285 g/mol. The Bertz CT molecular complexity index is 661. The fourth-order valence-electron chi connectivity index (χ4n) is 2.44. The Kier molecular flexibility index (Phi) is 4.78. The molecule has 0 saturated heterocycles. The van der Waals surface area contributed by atoms with Crippen LogP contribution >= 0.6 is 0 Å². The third kappa shape index (κ3) is 3.72. The fraction of sp³-hybridized carbons (Fsp3) is 0.412. The molecule has 1 heterocycles. The molecule has 4 heteroatoms. The lowest BCUT2D eigenvalue weighted by molar-refractivity contribution is 0.509. The standard InChI is InChI=1S/C17H23N3O/c1-12(2)11-20-10-9-18-16(17(20)21)19-14(4)15-8-6-5-7-13(15)3/h5-10,12,14H,11H2,1-4H3,(H,18,19). The van der Waals surface area contributed by atoms with Crippen molar-refractivity contribution >= 4 is 5.82 Å². The molecular formula is C17H23N3O.